The topological polar surface area (TPSA) is 112 Å². The lowest BCUT2D eigenvalue weighted by atomic mass is 9.44. The number of fused-ring (bicyclic) bond motifs is 5. The van der Waals surface area contributed by atoms with Gasteiger partial charge in [-0.3, -0.25) is 24.1 Å². The Hall–Kier alpha value is -6.08. The fourth-order valence-corrected chi connectivity index (χ4v) is 9.91. The molecule has 1 heterocycles. The van der Waals surface area contributed by atoms with E-state index >= 15 is 9.59 Å². The van der Waals surface area contributed by atoms with Crippen LogP contribution in [-0.2, 0) is 31.0 Å². The van der Waals surface area contributed by atoms with Crippen LogP contribution < -0.4 is 0 Å². The van der Waals surface area contributed by atoms with Crippen molar-refractivity contribution in [1.82, 2.24) is 4.90 Å². The molecule has 6 atom stereocenters. The molecule has 1 saturated heterocycles. The van der Waals surface area contributed by atoms with Crippen molar-refractivity contribution >= 4 is 39.7 Å². The fourth-order valence-electron chi connectivity index (χ4n) is 9.91. The van der Waals surface area contributed by atoms with E-state index in [1.807, 2.05) is 103 Å². The molecule has 2 amide bonds. The zero-order valence-electron chi connectivity index (χ0n) is 28.9. The number of carbonyl (C=O) groups excluding carboxylic acids is 4. The number of likely N-dealkylation sites (tertiary alicyclic amines) is 1. The molecule has 0 radical (unpaired) electrons. The molecule has 5 aromatic rings. The summed E-state index contributed by atoms with van der Waals surface area (Å²) in [5.41, 5.74) is 2.46. The predicted molar refractivity (Wildman–Crippen MR) is 201 cm³/mol. The molecule has 2 N–H and O–H groups in total. The average molecular weight is 700 g/mol. The first-order valence-corrected chi connectivity index (χ1v) is 18.2. The molecule has 0 aromatic heterocycles. The molecular weight excluding hydrogens is 663 g/mol. The van der Waals surface area contributed by atoms with Gasteiger partial charge in [0.05, 0.1) is 17.3 Å². The summed E-state index contributed by atoms with van der Waals surface area (Å²) in [4.78, 5) is 60.3. The summed E-state index contributed by atoms with van der Waals surface area (Å²) in [6.07, 6.45) is 4.47. The molecule has 5 aromatic carbocycles. The number of nitrogens with zero attached hydrogens (tertiary/aromatic N) is 1. The summed E-state index contributed by atoms with van der Waals surface area (Å²) in [7, 11) is 0. The molecule has 4 aliphatic rings. The number of allylic oxidation sites excluding steroid dienone is 4. The number of imide groups is 1. The molecule has 7 nitrogen and oxygen atoms in total. The van der Waals surface area contributed by atoms with Crippen LogP contribution in [0.5, 0.6) is 11.5 Å². The molecule has 3 aliphatic carbocycles. The van der Waals surface area contributed by atoms with Crippen LogP contribution in [0.1, 0.15) is 41.0 Å². The standard InChI is InChI=1S/C46H37NO6/c48-31-18-15-27(16-19-31)23-24-47-44(52)34-22-21-33-37(40(34)45(47)53)25-38-43(51)36(28-9-3-1-4-10-28)26-39(49)46(38,30-12-5-2-6-13-30)41(33)35-20-17-29-11-7-8-14-32(29)42(35)50/h1-21,26,34,37-38,40-41,48,50H,22-25H2. The second kappa shape index (κ2) is 12.6. The maximum absolute atomic E-state index is 15.3. The molecule has 0 bridgehead atoms. The first-order valence-electron chi connectivity index (χ1n) is 18.2. The SMILES string of the molecule is O=C1C(c2ccccc2)=CC(=O)C2(c3ccccc3)C1CC1C(=CCC3C(=O)N(CCc4ccc(O)cc4)C(=O)C31)C2c1ccc2ccccc2c1O. The van der Waals surface area contributed by atoms with Gasteiger partial charge in [-0.25, -0.2) is 0 Å². The monoisotopic (exact) mass is 699 g/mol. The van der Waals surface area contributed by atoms with E-state index in [2.05, 4.69) is 0 Å². The van der Waals surface area contributed by atoms with Crippen molar-refractivity contribution in [3.63, 3.8) is 0 Å². The van der Waals surface area contributed by atoms with Crippen molar-refractivity contribution < 1.29 is 29.4 Å². The molecule has 7 heteroatoms. The zero-order chi connectivity index (χ0) is 36.4. The largest absolute Gasteiger partial charge is 0.508 e. The highest BCUT2D eigenvalue weighted by atomic mass is 16.3. The van der Waals surface area contributed by atoms with Crippen LogP contribution in [0.15, 0.2) is 139 Å². The van der Waals surface area contributed by atoms with Crippen LogP contribution in [0.4, 0.5) is 0 Å². The Morgan fingerprint density at radius 3 is 2.17 bits per heavy atom. The molecule has 262 valence electrons. The summed E-state index contributed by atoms with van der Waals surface area (Å²) in [5, 5.41) is 23.4. The molecule has 2 fully saturated rings. The van der Waals surface area contributed by atoms with E-state index < -0.39 is 35.0 Å². The quantitative estimate of drug-likeness (QED) is 0.142. The molecule has 53 heavy (non-hydrogen) atoms. The van der Waals surface area contributed by atoms with Gasteiger partial charge in [-0.2, -0.15) is 0 Å². The maximum atomic E-state index is 15.3. The number of Topliss-reactive ketones (excluding diaryl/α,β-unsaturated/α-hetero) is 1. The van der Waals surface area contributed by atoms with Crippen LogP contribution in [0, 0.1) is 23.7 Å². The maximum Gasteiger partial charge on any atom is 0.233 e. The number of phenolic OH excluding ortho intramolecular Hbond substituents is 2. The second-order valence-electron chi connectivity index (χ2n) is 14.8. The van der Waals surface area contributed by atoms with E-state index in [0.29, 0.717) is 40.5 Å². The van der Waals surface area contributed by atoms with Gasteiger partial charge in [0, 0.05) is 34.9 Å². The zero-order valence-corrected chi connectivity index (χ0v) is 28.9. The molecule has 6 unspecified atom stereocenters. The molecule has 9 rings (SSSR count). The van der Waals surface area contributed by atoms with Gasteiger partial charge < -0.3 is 10.2 Å². The number of benzene rings is 5. The third-order valence-electron chi connectivity index (χ3n) is 12.3. The highest BCUT2D eigenvalue weighted by Crippen LogP contribution is 2.64. The van der Waals surface area contributed by atoms with Crippen molar-refractivity contribution in [2.75, 3.05) is 6.54 Å². The molecular formula is C46H37NO6. The number of amides is 2. The van der Waals surface area contributed by atoms with E-state index in [1.165, 1.54) is 11.0 Å². The van der Waals surface area contributed by atoms with Crippen molar-refractivity contribution in [3.8, 4) is 11.5 Å². The summed E-state index contributed by atoms with van der Waals surface area (Å²) in [5.74, 6) is -4.24. The van der Waals surface area contributed by atoms with Crippen molar-refractivity contribution in [1.29, 1.82) is 0 Å². The van der Waals surface area contributed by atoms with Gasteiger partial charge >= 0.3 is 0 Å². The number of rotatable bonds is 6. The first-order chi connectivity index (χ1) is 25.8. The third-order valence-corrected chi connectivity index (χ3v) is 12.3. The smallest absolute Gasteiger partial charge is 0.233 e. The summed E-state index contributed by atoms with van der Waals surface area (Å²) < 4.78 is 0. The summed E-state index contributed by atoms with van der Waals surface area (Å²) in [6.45, 7) is 0.197. The minimum absolute atomic E-state index is 0.0354. The van der Waals surface area contributed by atoms with E-state index in [9.17, 15) is 19.8 Å². The van der Waals surface area contributed by atoms with Gasteiger partial charge in [-0.15, -0.1) is 0 Å². The van der Waals surface area contributed by atoms with Crippen LogP contribution in [0.25, 0.3) is 16.3 Å². The Balaban J connectivity index is 1.23. The Kier molecular flexibility index (Phi) is 7.77. The number of hydrogen-bond donors (Lipinski definition) is 2. The minimum atomic E-state index is -1.42. The van der Waals surface area contributed by atoms with Gasteiger partial charge in [-0.05, 0) is 65.5 Å². The number of aromatic hydroxyl groups is 2. The first kappa shape index (κ1) is 32.8. The number of ketones is 2. The average Bonchev–Trinajstić information content (AvgIpc) is 3.44. The lowest BCUT2D eigenvalue weighted by Gasteiger charge is -2.55. The Morgan fingerprint density at radius 2 is 1.42 bits per heavy atom. The van der Waals surface area contributed by atoms with E-state index in [1.54, 1.807) is 24.3 Å². The Bertz CT molecular complexity index is 2380. The minimum Gasteiger partial charge on any atom is -0.508 e. The van der Waals surface area contributed by atoms with Crippen LogP contribution in [0.2, 0.25) is 0 Å². The molecule has 1 saturated carbocycles. The normalized spacial score (nSPS) is 26.5. The Labute approximate surface area is 306 Å². The molecule has 0 spiro atoms. The predicted octanol–water partition coefficient (Wildman–Crippen LogP) is 7.32. The third kappa shape index (κ3) is 4.94. The summed E-state index contributed by atoms with van der Waals surface area (Å²) in [6, 6.07) is 36.7. The lowest BCUT2D eigenvalue weighted by Crippen LogP contribution is -2.58. The number of carbonyl (C=O) groups is 4. The van der Waals surface area contributed by atoms with E-state index in [4.69, 9.17) is 0 Å². The van der Waals surface area contributed by atoms with Gasteiger partial charge in [-0.1, -0.05) is 121 Å². The van der Waals surface area contributed by atoms with Crippen LogP contribution in [-0.4, -0.2) is 45.0 Å². The number of hydrogen-bond acceptors (Lipinski definition) is 6. The summed E-state index contributed by atoms with van der Waals surface area (Å²) >= 11 is 0. The van der Waals surface area contributed by atoms with Crippen molar-refractivity contribution in [2.24, 2.45) is 23.7 Å². The van der Waals surface area contributed by atoms with Gasteiger partial charge in [0.1, 0.15) is 11.5 Å². The Morgan fingerprint density at radius 1 is 0.717 bits per heavy atom. The van der Waals surface area contributed by atoms with Crippen molar-refractivity contribution in [2.45, 2.75) is 30.6 Å². The van der Waals surface area contributed by atoms with Crippen LogP contribution >= 0.6 is 0 Å². The lowest BCUT2D eigenvalue weighted by molar-refractivity contribution is -0.140. The highest BCUT2D eigenvalue weighted by Gasteiger charge is 2.66. The van der Waals surface area contributed by atoms with Gasteiger partial charge in [0.25, 0.3) is 0 Å². The van der Waals surface area contributed by atoms with Gasteiger partial charge in [0.2, 0.25) is 11.8 Å². The molecule has 1 aliphatic heterocycles. The highest BCUT2D eigenvalue weighted by molar-refractivity contribution is 6.31. The van der Waals surface area contributed by atoms with Gasteiger partial charge in [0.15, 0.2) is 11.6 Å². The van der Waals surface area contributed by atoms with Crippen molar-refractivity contribution in [3.05, 3.63) is 161 Å². The fraction of sp³-hybridized carbons (Fsp3) is 0.217. The number of phenols is 2. The van der Waals surface area contributed by atoms with E-state index in [-0.39, 0.29) is 47.8 Å². The van der Waals surface area contributed by atoms with Crippen LogP contribution in [0.3, 0.4) is 0 Å². The van der Waals surface area contributed by atoms with E-state index in [0.717, 1.165) is 16.5 Å². The second-order valence-corrected chi connectivity index (χ2v) is 14.8.